The van der Waals surface area contributed by atoms with Crippen LogP contribution in [-0.2, 0) is 19.4 Å². The summed E-state index contributed by atoms with van der Waals surface area (Å²) in [6.45, 7) is 6.62. The van der Waals surface area contributed by atoms with E-state index in [1.54, 1.807) is 11.3 Å². The second kappa shape index (κ2) is 6.53. The summed E-state index contributed by atoms with van der Waals surface area (Å²) in [5, 5.41) is 9.77. The van der Waals surface area contributed by atoms with Crippen molar-refractivity contribution in [2.24, 2.45) is 0 Å². The Morgan fingerprint density at radius 2 is 2.00 bits per heavy atom. The summed E-state index contributed by atoms with van der Waals surface area (Å²) in [6, 6.07) is 8.31. The number of aryl methyl sites for hydroxylation is 3. The van der Waals surface area contributed by atoms with Gasteiger partial charge in [-0.25, -0.2) is 4.98 Å². The molecular weight excluding hydrogens is 268 g/mol. The van der Waals surface area contributed by atoms with Crippen molar-refractivity contribution in [3.8, 4) is 11.8 Å². The Labute approximate surface area is 123 Å². The molecule has 0 saturated carbocycles. The van der Waals surface area contributed by atoms with Gasteiger partial charge in [0.15, 0.2) is 0 Å². The van der Waals surface area contributed by atoms with Gasteiger partial charge in [-0.1, -0.05) is 25.1 Å². The van der Waals surface area contributed by atoms with Crippen molar-refractivity contribution in [1.29, 1.82) is 5.26 Å². The number of rotatable bonds is 5. The summed E-state index contributed by atoms with van der Waals surface area (Å²) in [5.41, 5.74) is 3.29. The third kappa shape index (κ3) is 3.17. The van der Waals surface area contributed by atoms with E-state index in [0.717, 1.165) is 38.9 Å². The normalized spacial score (nSPS) is 10.3. The highest BCUT2D eigenvalue weighted by Crippen LogP contribution is 2.25. The molecule has 1 aromatic heterocycles. The van der Waals surface area contributed by atoms with Crippen molar-refractivity contribution in [2.75, 3.05) is 0 Å². The van der Waals surface area contributed by atoms with Crippen LogP contribution in [0, 0.1) is 25.2 Å². The number of para-hydroxylation sites is 1. The number of aromatic nitrogens is 1. The lowest BCUT2D eigenvalue weighted by molar-refractivity contribution is 0.301. The lowest BCUT2D eigenvalue weighted by atomic mass is 10.1. The summed E-state index contributed by atoms with van der Waals surface area (Å²) in [7, 11) is 0. The van der Waals surface area contributed by atoms with Crippen molar-refractivity contribution < 1.29 is 4.74 Å². The van der Waals surface area contributed by atoms with E-state index in [2.05, 4.69) is 18.0 Å². The minimum absolute atomic E-state index is 0.435. The molecule has 104 valence electrons. The first-order valence-corrected chi connectivity index (χ1v) is 7.50. The fourth-order valence-corrected chi connectivity index (χ4v) is 3.15. The van der Waals surface area contributed by atoms with Gasteiger partial charge in [-0.15, -0.1) is 11.3 Å². The van der Waals surface area contributed by atoms with Gasteiger partial charge in [0.1, 0.15) is 17.4 Å². The van der Waals surface area contributed by atoms with E-state index in [1.165, 1.54) is 0 Å². The standard InChI is InChI=1S/C16H18N2OS/c1-4-13-14(8-9-17)20-15(18-13)10-19-16-11(2)6-5-7-12(16)3/h5-7H,4,8,10H2,1-3H3. The van der Waals surface area contributed by atoms with Crippen molar-refractivity contribution in [3.63, 3.8) is 0 Å². The van der Waals surface area contributed by atoms with E-state index >= 15 is 0 Å². The molecule has 1 heterocycles. The van der Waals surface area contributed by atoms with Crippen molar-refractivity contribution in [1.82, 2.24) is 4.98 Å². The van der Waals surface area contributed by atoms with Crippen molar-refractivity contribution >= 4 is 11.3 Å². The van der Waals surface area contributed by atoms with Crippen LogP contribution in [0.3, 0.4) is 0 Å². The molecule has 1 aromatic carbocycles. The molecule has 0 bridgehead atoms. The molecule has 0 aliphatic rings. The fraction of sp³-hybridized carbons (Fsp3) is 0.375. The number of benzene rings is 1. The smallest absolute Gasteiger partial charge is 0.140 e. The number of nitriles is 1. The van der Waals surface area contributed by atoms with Crippen molar-refractivity contribution in [2.45, 2.75) is 40.2 Å². The van der Waals surface area contributed by atoms with Gasteiger partial charge in [0.25, 0.3) is 0 Å². The second-order valence-corrected chi connectivity index (χ2v) is 5.84. The summed E-state index contributed by atoms with van der Waals surface area (Å²) in [6.07, 6.45) is 1.29. The Hall–Kier alpha value is -1.86. The number of thiazole rings is 1. The van der Waals surface area contributed by atoms with E-state index < -0.39 is 0 Å². The minimum atomic E-state index is 0.435. The van der Waals surface area contributed by atoms with Gasteiger partial charge in [0, 0.05) is 4.88 Å². The lowest BCUT2D eigenvalue weighted by Crippen LogP contribution is -1.98. The third-order valence-corrected chi connectivity index (χ3v) is 4.22. The van der Waals surface area contributed by atoms with Gasteiger partial charge < -0.3 is 4.74 Å². The Balaban J connectivity index is 2.13. The second-order valence-electron chi connectivity index (χ2n) is 4.68. The van der Waals surface area contributed by atoms with Gasteiger partial charge in [-0.05, 0) is 31.4 Å². The molecule has 0 atom stereocenters. The summed E-state index contributed by atoms with van der Waals surface area (Å²) < 4.78 is 5.91. The van der Waals surface area contributed by atoms with Crippen LogP contribution in [-0.4, -0.2) is 4.98 Å². The SMILES string of the molecule is CCc1nc(COc2c(C)cccc2C)sc1CC#N. The van der Waals surface area contributed by atoms with E-state index in [-0.39, 0.29) is 0 Å². The zero-order valence-electron chi connectivity index (χ0n) is 12.1. The van der Waals surface area contributed by atoms with Crippen LogP contribution < -0.4 is 4.74 Å². The van der Waals surface area contributed by atoms with Crippen LogP contribution in [0.15, 0.2) is 18.2 Å². The first-order chi connectivity index (χ1) is 9.65. The Kier molecular flexibility index (Phi) is 4.75. The Morgan fingerprint density at radius 3 is 2.60 bits per heavy atom. The van der Waals surface area contributed by atoms with Crippen LogP contribution in [0.25, 0.3) is 0 Å². The average Bonchev–Trinajstić information content (AvgIpc) is 2.81. The van der Waals surface area contributed by atoms with Crippen LogP contribution in [0.5, 0.6) is 5.75 Å². The molecular formula is C16H18N2OS. The number of ether oxygens (including phenoxy) is 1. The number of hydrogen-bond acceptors (Lipinski definition) is 4. The number of nitrogens with zero attached hydrogens (tertiary/aromatic N) is 2. The van der Waals surface area contributed by atoms with E-state index in [0.29, 0.717) is 13.0 Å². The molecule has 0 aliphatic carbocycles. The quantitative estimate of drug-likeness (QED) is 0.835. The van der Waals surface area contributed by atoms with Gasteiger partial charge in [0.05, 0.1) is 18.2 Å². The zero-order valence-corrected chi connectivity index (χ0v) is 12.9. The van der Waals surface area contributed by atoms with Gasteiger partial charge >= 0.3 is 0 Å². The maximum Gasteiger partial charge on any atom is 0.140 e. The highest BCUT2D eigenvalue weighted by atomic mass is 32.1. The molecule has 0 radical (unpaired) electrons. The Bertz CT molecular complexity index is 620. The van der Waals surface area contributed by atoms with Crippen LogP contribution >= 0.6 is 11.3 Å². The third-order valence-electron chi connectivity index (χ3n) is 3.15. The topological polar surface area (TPSA) is 45.9 Å². The molecule has 0 saturated heterocycles. The molecule has 3 nitrogen and oxygen atoms in total. The maximum atomic E-state index is 8.83. The minimum Gasteiger partial charge on any atom is -0.486 e. The first-order valence-electron chi connectivity index (χ1n) is 6.69. The molecule has 20 heavy (non-hydrogen) atoms. The predicted molar refractivity (Wildman–Crippen MR) is 81.1 cm³/mol. The van der Waals surface area contributed by atoms with Gasteiger partial charge in [-0.2, -0.15) is 5.26 Å². The molecule has 0 unspecified atom stereocenters. The highest BCUT2D eigenvalue weighted by molar-refractivity contribution is 7.11. The maximum absolute atomic E-state index is 8.83. The van der Waals surface area contributed by atoms with Crippen molar-refractivity contribution in [3.05, 3.63) is 44.9 Å². The Morgan fingerprint density at radius 1 is 1.30 bits per heavy atom. The summed E-state index contributed by atoms with van der Waals surface area (Å²) >= 11 is 1.58. The van der Waals surface area contributed by atoms with Crippen LogP contribution in [0.4, 0.5) is 0 Å². The van der Waals surface area contributed by atoms with E-state index in [9.17, 15) is 0 Å². The fourth-order valence-electron chi connectivity index (χ4n) is 2.15. The molecule has 2 rings (SSSR count). The molecule has 0 aliphatic heterocycles. The van der Waals surface area contributed by atoms with E-state index in [4.69, 9.17) is 10.00 Å². The molecule has 0 N–H and O–H groups in total. The van der Waals surface area contributed by atoms with Crippen LogP contribution in [0.1, 0.15) is 33.6 Å². The van der Waals surface area contributed by atoms with Crippen LogP contribution in [0.2, 0.25) is 0 Å². The average molecular weight is 286 g/mol. The molecule has 2 aromatic rings. The molecule has 0 spiro atoms. The largest absolute Gasteiger partial charge is 0.486 e. The predicted octanol–water partition coefficient (Wildman–Crippen LogP) is 3.97. The lowest BCUT2D eigenvalue weighted by Gasteiger charge is -2.10. The molecule has 4 heteroatoms. The first kappa shape index (κ1) is 14.5. The molecule has 0 amide bonds. The summed E-state index contributed by atoms with van der Waals surface area (Å²) in [4.78, 5) is 5.63. The zero-order chi connectivity index (χ0) is 14.5. The summed E-state index contributed by atoms with van der Waals surface area (Å²) in [5.74, 6) is 0.933. The van der Waals surface area contributed by atoms with Gasteiger partial charge in [-0.3, -0.25) is 0 Å². The van der Waals surface area contributed by atoms with E-state index in [1.807, 2.05) is 32.0 Å². The van der Waals surface area contributed by atoms with Gasteiger partial charge in [0.2, 0.25) is 0 Å². The monoisotopic (exact) mass is 286 g/mol. The number of hydrogen-bond donors (Lipinski definition) is 0. The highest BCUT2D eigenvalue weighted by Gasteiger charge is 2.11. The molecule has 0 fully saturated rings.